The molecule has 0 aliphatic carbocycles. The maximum atomic E-state index is 11.5. The fourth-order valence-electron chi connectivity index (χ4n) is 5.23. The molecule has 0 fully saturated rings. The van der Waals surface area contributed by atoms with E-state index < -0.39 is 75.0 Å². The zero-order chi connectivity index (χ0) is 41.9. The van der Waals surface area contributed by atoms with Crippen LogP contribution < -0.4 is 15.1 Å². The summed E-state index contributed by atoms with van der Waals surface area (Å²) in [5, 5.41) is 73.8. The van der Waals surface area contributed by atoms with Crippen LogP contribution in [0.1, 0.15) is 0 Å². The number of nitro groups is 6. The van der Waals surface area contributed by atoms with Crippen molar-refractivity contribution in [3.8, 4) is 0 Å². The first-order chi connectivity index (χ1) is 27.8. The molecular formula is C36H25N10O12+. The van der Waals surface area contributed by atoms with Crippen LogP contribution >= 0.6 is 0 Å². The second-order valence-electron chi connectivity index (χ2n) is 11.4. The topological polar surface area (TPSA) is 289 Å². The lowest BCUT2D eigenvalue weighted by Crippen LogP contribution is -2.25. The summed E-state index contributed by atoms with van der Waals surface area (Å²) in [5.74, 6) is 0. The zero-order valence-corrected chi connectivity index (χ0v) is 29.3. The molecule has 22 nitrogen and oxygen atoms in total. The van der Waals surface area contributed by atoms with E-state index in [-0.39, 0.29) is 0 Å². The van der Waals surface area contributed by atoms with E-state index in [0.717, 1.165) is 0 Å². The normalized spacial score (nSPS) is 10.2. The number of anilines is 3. The summed E-state index contributed by atoms with van der Waals surface area (Å²) in [7, 11) is 0. The van der Waals surface area contributed by atoms with Gasteiger partial charge >= 0.3 is 22.7 Å². The highest BCUT2D eigenvalue weighted by Crippen LogP contribution is 2.42. The van der Waals surface area contributed by atoms with Gasteiger partial charge in [-0.3, -0.25) is 71.1 Å². The summed E-state index contributed by atoms with van der Waals surface area (Å²) in [6.45, 7) is 0. The average Bonchev–Trinajstić information content (AvgIpc) is 3.22. The Kier molecular flexibility index (Phi) is 12.3. The summed E-state index contributed by atoms with van der Waals surface area (Å²) in [6, 6.07) is 36.9. The van der Waals surface area contributed by atoms with Crippen LogP contribution in [0.2, 0.25) is 0 Å². The number of benzene rings is 6. The third-order valence-electron chi connectivity index (χ3n) is 7.80. The van der Waals surface area contributed by atoms with E-state index in [9.17, 15) is 60.7 Å². The molecule has 0 radical (unpaired) electrons. The van der Waals surface area contributed by atoms with Gasteiger partial charge in [-0.25, -0.2) is 0 Å². The van der Waals surface area contributed by atoms with Gasteiger partial charge in [-0.05, 0) is 29.0 Å². The molecule has 0 heterocycles. The monoisotopic (exact) mass is 789 g/mol. The Balaban J connectivity index is 0.000000221. The number of hydrogen-bond donors (Lipinski definition) is 1. The van der Waals surface area contributed by atoms with Gasteiger partial charge in [0.1, 0.15) is 0 Å². The molecular weight excluding hydrogens is 764 g/mol. The summed E-state index contributed by atoms with van der Waals surface area (Å²) in [6.07, 6.45) is 0. The first kappa shape index (κ1) is 40.1. The molecule has 0 saturated heterocycles. The van der Waals surface area contributed by atoms with Crippen molar-refractivity contribution >= 4 is 68.2 Å². The lowest BCUT2D eigenvalue weighted by atomic mass is 10.2. The molecule has 0 amide bonds. The van der Waals surface area contributed by atoms with Crippen molar-refractivity contribution in [1.29, 1.82) is 0 Å². The fourth-order valence-corrected chi connectivity index (χ4v) is 5.23. The summed E-state index contributed by atoms with van der Waals surface area (Å²) in [5.41, 5.74) is -1.10. The zero-order valence-electron chi connectivity index (χ0n) is 29.3. The lowest BCUT2D eigenvalue weighted by molar-refractivity contribution is -0.402. The number of azo groups is 2. The second-order valence-corrected chi connectivity index (χ2v) is 11.4. The number of hydrogen-bond acceptors (Lipinski definition) is 15. The van der Waals surface area contributed by atoms with Gasteiger partial charge in [0.2, 0.25) is 17.1 Å². The Bertz CT molecular complexity index is 2410. The minimum Gasteiger partial charge on any atom is -0.282 e. The van der Waals surface area contributed by atoms with Crippen LogP contribution in [0, 0.1) is 60.7 Å². The van der Waals surface area contributed by atoms with Crippen molar-refractivity contribution < 1.29 is 29.5 Å². The van der Waals surface area contributed by atoms with Crippen LogP contribution in [-0.4, -0.2) is 29.5 Å². The molecule has 1 N–H and O–H groups in total. The molecule has 6 aromatic rings. The molecule has 0 aliphatic heterocycles. The van der Waals surface area contributed by atoms with Gasteiger partial charge < -0.3 is 0 Å². The maximum absolute atomic E-state index is 11.5. The molecule has 0 bridgehead atoms. The second kappa shape index (κ2) is 17.8. The van der Waals surface area contributed by atoms with Crippen molar-refractivity contribution in [2.45, 2.75) is 0 Å². The highest BCUT2D eigenvalue weighted by molar-refractivity contribution is 5.81. The molecule has 0 spiro atoms. The first-order valence-corrected chi connectivity index (χ1v) is 16.3. The minimum atomic E-state index is -0.938. The van der Waals surface area contributed by atoms with E-state index in [1.807, 2.05) is 0 Å². The summed E-state index contributed by atoms with van der Waals surface area (Å²) in [4.78, 5) is 62.6. The number of nitrogens with zero attached hydrogens (tertiary/aromatic N) is 9. The number of para-hydroxylation sites is 4. The smallest absolute Gasteiger partial charge is 0.282 e. The van der Waals surface area contributed by atoms with Gasteiger partial charge in [0.15, 0.2) is 0 Å². The number of nitrogens with one attached hydrogen (secondary N) is 1. The minimum absolute atomic E-state index is 0.474. The summed E-state index contributed by atoms with van der Waals surface area (Å²) < 4.78 is 1.29. The molecule has 58 heavy (non-hydrogen) atoms. The van der Waals surface area contributed by atoms with Gasteiger partial charge in [0.05, 0.1) is 65.2 Å². The third-order valence-corrected chi connectivity index (χ3v) is 7.80. The molecule has 0 saturated carbocycles. The van der Waals surface area contributed by atoms with Crippen LogP contribution in [-0.2, 0) is 0 Å². The first-order valence-electron chi connectivity index (χ1n) is 16.3. The number of rotatable bonds is 13. The molecule has 0 aromatic heterocycles. The van der Waals surface area contributed by atoms with Crippen molar-refractivity contribution in [2.75, 3.05) is 10.4 Å². The molecule has 290 valence electrons. The third kappa shape index (κ3) is 9.34. The van der Waals surface area contributed by atoms with E-state index in [0.29, 0.717) is 47.0 Å². The fraction of sp³-hybridized carbons (Fsp3) is 0. The van der Waals surface area contributed by atoms with Crippen molar-refractivity contribution in [3.05, 3.63) is 206 Å². The Hall–Kier alpha value is -9.08. The lowest BCUT2D eigenvalue weighted by Gasteiger charge is -2.26. The summed E-state index contributed by atoms with van der Waals surface area (Å²) >= 11 is 0. The molecule has 0 unspecified atom stereocenters. The van der Waals surface area contributed by atoms with Crippen LogP contribution in [0.3, 0.4) is 0 Å². The number of hydrazine groups is 1. The Morgan fingerprint density at radius 2 is 0.707 bits per heavy atom. The van der Waals surface area contributed by atoms with Gasteiger partial charge in [0, 0.05) is 29.4 Å². The average molecular weight is 790 g/mol. The van der Waals surface area contributed by atoms with Crippen molar-refractivity contribution in [2.24, 2.45) is 5.11 Å². The maximum Gasteiger partial charge on any atom is 0.315 e. The van der Waals surface area contributed by atoms with E-state index >= 15 is 0 Å². The van der Waals surface area contributed by atoms with Crippen LogP contribution in [0.25, 0.3) is 0 Å². The van der Waals surface area contributed by atoms with Crippen LogP contribution in [0.5, 0.6) is 0 Å². The highest BCUT2D eigenvalue weighted by atomic mass is 16.6. The Morgan fingerprint density at radius 3 is 1.02 bits per heavy atom. The number of nitro benzene ring substituents is 6. The largest absolute Gasteiger partial charge is 0.315 e. The standard InChI is InChI=1S/C18H13N5O6.C18H12N5O6/c2*24-21(25)15-11-16(22(26)27)18(17(12-15)23(28)29)19-20(13-7-3-1-4-8-13)14-9-5-2-6-10-14/h1-12,19H;1-12H/q;+1. The van der Waals surface area contributed by atoms with Crippen LogP contribution in [0.15, 0.2) is 151 Å². The van der Waals surface area contributed by atoms with E-state index in [2.05, 4.69) is 10.5 Å². The van der Waals surface area contributed by atoms with Crippen molar-refractivity contribution in [3.63, 3.8) is 0 Å². The van der Waals surface area contributed by atoms with E-state index in [1.54, 1.807) is 121 Å². The predicted molar refractivity (Wildman–Crippen MR) is 208 cm³/mol. The molecule has 0 aliphatic rings. The van der Waals surface area contributed by atoms with Gasteiger partial charge in [-0.15, -0.1) is 0 Å². The van der Waals surface area contributed by atoms with Gasteiger partial charge in [-0.1, -0.05) is 72.8 Å². The quantitative estimate of drug-likeness (QED) is 0.0493. The SMILES string of the molecule is O=[N+]([O-])c1cc([N+](=O)[O-])c(N=[N+](c2ccccc2)c2ccccc2)c([N+](=O)[O-])c1.O=[N+]([O-])c1cc([N+](=O)[O-])c(NN(c2ccccc2)c2ccccc2)c([N+](=O)[O-])c1. The van der Waals surface area contributed by atoms with E-state index in [1.165, 1.54) is 9.71 Å². The van der Waals surface area contributed by atoms with Crippen molar-refractivity contribution in [1.82, 2.24) is 4.70 Å². The Labute approximate surface area is 324 Å². The molecule has 6 aromatic carbocycles. The highest BCUT2D eigenvalue weighted by Gasteiger charge is 2.35. The Morgan fingerprint density at radius 1 is 0.397 bits per heavy atom. The van der Waals surface area contributed by atoms with Crippen LogP contribution in [0.4, 0.5) is 68.2 Å². The number of non-ortho nitro benzene ring substituents is 2. The predicted octanol–water partition coefficient (Wildman–Crippen LogP) is 9.61. The van der Waals surface area contributed by atoms with Gasteiger partial charge in [-0.2, -0.15) is 0 Å². The molecule has 0 atom stereocenters. The van der Waals surface area contributed by atoms with E-state index in [4.69, 9.17) is 0 Å². The van der Waals surface area contributed by atoms with Gasteiger partial charge in [0.25, 0.3) is 17.1 Å². The molecule has 22 heteroatoms. The molecule has 6 rings (SSSR count).